The van der Waals surface area contributed by atoms with Gasteiger partial charge in [-0.1, -0.05) is 0 Å². The minimum Gasteiger partial charge on any atom is -0.355 e. The number of rotatable bonds is 2. The molecule has 2 N–H and O–H groups in total. The number of hydrogen-bond donors (Lipinski definition) is 1. The highest BCUT2D eigenvalue weighted by Gasteiger charge is 2.24. The molecule has 0 saturated carbocycles. The van der Waals surface area contributed by atoms with Crippen LogP contribution in [0.5, 0.6) is 0 Å². The normalized spacial score (nSPS) is 18.4. The fourth-order valence-corrected chi connectivity index (χ4v) is 2.51. The van der Waals surface area contributed by atoms with E-state index in [0.717, 1.165) is 37.4 Å². The van der Waals surface area contributed by atoms with Crippen LogP contribution in [0.4, 0.5) is 5.82 Å². The van der Waals surface area contributed by atoms with Crippen molar-refractivity contribution in [3.63, 3.8) is 0 Å². The first-order chi connectivity index (χ1) is 8.61. The lowest BCUT2D eigenvalue weighted by Gasteiger charge is -2.34. The number of piperidine rings is 1. The van der Waals surface area contributed by atoms with E-state index in [1.165, 1.54) is 0 Å². The van der Waals surface area contributed by atoms with Crippen LogP contribution in [-0.4, -0.2) is 24.1 Å². The van der Waals surface area contributed by atoms with Crippen LogP contribution in [-0.2, 0) is 0 Å². The SMILES string of the molecule is Cc1ccc(C#N)c(N2CCC(C(C)N)CC2)n1. The Morgan fingerprint density at radius 2 is 2.11 bits per heavy atom. The predicted octanol–water partition coefficient (Wildman–Crippen LogP) is 1.83. The lowest BCUT2D eigenvalue weighted by Crippen LogP contribution is -2.40. The number of aryl methyl sites for hydroxylation is 1. The van der Waals surface area contributed by atoms with E-state index in [1.54, 1.807) is 0 Å². The third-order valence-electron chi connectivity index (χ3n) is 3.72. The molecule has 0 aromatic carbocycles. The van der Waals surface area contributed by atoms with Gasteiger partial charge in [0.25, 0.3) is 0 Å². The van der Waals surface area contributed by atoms with Crippen molar-refractivity contribution in [3.8, 4) is 6.07 Å². The Morgan fingerprint density at radius 1 is 1.44 bits per heavy atom. The van der Waals surface area contributed by atoms with Gasteiger partial charge in [0.05, 0.1) is 5.56 Å². The molecule has 18 heavy (non-hydrogen) atoms. The molecule has 1 aliphatic heterocycles. The first kappa shape index (κ1) is 12.8. The molecule has 0 spiro atoms. The Bertz CT molecular complexity index is 453. The van der Waals surface area contributed by atoms with Crippen molar-refractivity contribution < 1.29 is 0 Å². The van der Waals surface area contributed by atoms with Crippen LogP contribution in [0.15, 0.2) is 12.1 Å². The van der Waals surface area contributed by atoms with E-state index in [4.69, 9.17) is 11.0 Å². The summed E-state index contributed by atoms with van der Waals surface area (Å²) in [6.07, 6.45) is 2.16. The van der Waals surface area contributed by atoms with Gasteiger partial charge in [0.1, 0.15) is 11.9 Å². The number of nitriles is 1. The molecule has 1 saturated heterocycles. The molecule has 4 nitrogen and oxygen atoms in total. The maximum Gasteiger partial charge on any atom is 0.146 e. The third kappa shape index (κ3) is 2.62. The maximum atomic E-state index is 9.14. The van der Waals surface area contributed by atoms with E-state index in [9.17, 15) is 0 Å². The van der Waals surface area contributed by atoms with Gasteiger partial charge in [-0.15, -0.1) is 0 Å². The second-order valence-corrected chi connectivity index (χ2v) is 5.12. The van der Waals surface area contributed by atoms with Gasteiger partial charge >= 0.3 is 0 Å². The van der Waals surface area contributed by atoms with Crippen LogP contribution >= 0.6 is 0 Å². The monoisotopic (exact) mass is 244 g/mol. The van der Waals surface area contributed by atoms with E-state index < -0.39 is 0 Å². The summed E-state index contributed by atoms with van der Waals surface area (Å²) in [6.45, 7) is 5.92. The summed E-state index contributed by atoms with van der Waals surface area (Å²) in [5.41, 5.74) is 7.57. The Balaban J connectivity index is 2.14. The Hall–Kier alpha value is -1.60. The van der Waals surface area contributed by atoms with Crippen LogP contribution in [0.2, 0.25) is 0 Å². The highest BCUT2D eigenvalue weighted by molar-refractivity contribution is 5.54. The molecule has 1 fully saturated rings. The van der Waals surface area contributed by atoms with Gasteiger partial charge in [0.15, 0.2) is 0 Å². The second-order valence-electron chi connectivity index (χ2n) is 5.12. The van der Waals surface area contributed by atoms with Crippen LogP contribution in [0.3, 0.4) is 0 Å². The molecule has 0 aliphatic carbocycles. The summed E-state index contributed by atoms with van der Waals surface area (Å²) in [5, 5.41) is 9.14. The summed E-state index contributed by atoms with van der Waals surface area (Å²) < 4.78 is 0. The van der Waals surface area contributed by atoms with E-state index in [1.807, 2.05) is 19.1 Å². The van der Waals surface area contributed by atoms with Gasteiger partial charge in [-0.05, 0) is 44.7 Å². The lowest BCUT2D eigenvalue weighted by atomic mass is 9.91. The van der Waals surface area contributed by atoms with Crippen molar-refractivity contribution in [2.75, 3.05) is 18.0 Å². The molecule has 0 amide bonds. The summed E-state index contributed by atoms with van der Waals surface area (Å²) in [5.74, 6) is 1.43. The average Bonchev–Trinajstić information content (AvgIpc) is 2.39. The van der Waals surface area contributed by atoms with Crippen LogP contribution < -0.4 is 10.6 Å². The molecule has 1 aromatic heterocycles. The predicted molar refractivity (Wildman–Crippen MR) is 72.3 cm³/mol. The smallest absolute Gasteiger partial charge is 0.146 e. The Labute approximate surface area is 108 Å². The highest BCUT2D eigenvalue weighted by Crippen LogP contribution is 2.25. The summed E-state index contributed by atoms with van der Waals surface area (Å²) >= 11 is 0. The molecule has 0 radical (unpaired) electrons. The number of anilines is 1. The number of pyridine rings is 1. The summed E-state index contributed by atoms with van der Waals surface area (Å²) in [4.78, 5) is 6.72. The first-order valence-electron chi connectivity index (χ1n) is 6.50. The van der Waals surface area contributed by atoms with Crippen molar-refractivity contribution >= 4 is 5.82 Å². The zero-order chi connectivity index (χ0) is 13.1. The molecule has 1 atom stereocenters. The fraction of sp³-hybridized carbons (Fsp3) is 0.571. The molecule has 4 heteroatoms. The Morgan fingerprint density at radius 3 is 2.67 bits per heavy atom. The Kier molecular flexibility index (Phi) is 3.83. The highest BCUT2D eigenvalue weighted by atomic mass is 15.2. The molecule has 1 unspecified atom stereocenters. The van der Waals surface area contributed by atoms with Gasteiger partial charge in [-0.25, -0.2) is 4.98 Å². The number of nitrogens with two attached hydrogens (primary N) is 1. The van der Waals surface area contributed by atoms with Gasteiger partial charge < -0.3 is 10.6 Å². The molecule has 96 valence electrons. The van der Waals surface area contributed by atoms with Crippen LogP contribution in [0.25, 0.3) is 0 Å². The summed E-state index contributed by atoms with van der Waals surface area (Å²) in [6, 6.07) is 6.22. The van der Waals surface area contributed by atoms with Gasteiger partial charge in [0.2, 0.25) is 0 Å². The largest absolute Gasteiger partial charge is 0.355 e. The molecule has 2 heterocycles. The molecule has 1 aliphatic rings. The summed E-state index contributed by atoms with van der Waals surface area (Å²) in [7, 11) is 0. The van der Waals surface area contributed by atoms with Crippen molar-refractivity contribution in [2.45, 2.75) is 32.7 Å². The van der Waals surface area contributed by atoms with Crippen molar-refractivity contribution in [1.29, 1.82) is 5.26 Å². The number of aromatic nitrogens is 1. The standard InChI is InChI=1S/C14H20N4/c1-10-3-4-13(9-15)14(17-10)18-7-5-12(6-8-18)11(2)16/h3-4,11-12H,5-8,16H2,1-2H3. The number of nitrogens with zero attached hydrogens (tertiary/aromatic N) is 3. The van der Waals surface area contributed by atoms with E-state index >= 15 is 0 Å². The zero-order valence-corrected chi connectivity index (χ0v) is 11.1. The maximum absolute atomic E-state index is 9.14. The second kappa shape index (κ2) is 5.36. The van der Waals surface area contributed by atoms with Crippen LogP contribution in [0, 0.1) is 24.2 Å². The van der Waals surface area contributed by atoms with E-state index in [0.29, 0.717) is 11.5 Å². The van der Waals surface area contributed by atoms with Gasteiger partial charge in [0, 0.05) is 24.8 Å². The fourth-order valence-electron chi connectivity index (χ4n) is 2.51. The van der Waals surface area contributed by atoms with Crippen molar-refractivity contribution in [3.05, 3.63) is 23.4 Å². The minimum atomic E-state index is 0.257. The topological polar surface area (TPSA) is 65.9 Å². The van der Waals surface area contributed by atoms with E-state index in [-0.39, 0.29) is 6.04 Å². The molecule has 0 bridgehead atoms. The lowest BCUT2D eigenvalue weighted by molar-refractivity contribution is 0.353. The molecular weight excluding hydrogens is 224 g/mol. The first-order valence-corrected chi connectivity index (χ1v) is 6.50. The third-order valence-corrected chi connectivity index (χ3v) is 3.72. The van der Waals surface area contributed by atoms with Crippen LogP contribution in [0.1, 0.15) is 31.0 Å². The minimum absolute atomic E-state index is 0.257. The van der Waals surface area contributed by atoms with Gasteiger partial charge in [-0.3, -0.25) is 0 Å². The quantitative estimate of drug-likeness (QED) is 0.862. The van der Waals surface area contributed by atoms with Crippen molar-refractivity contribution in [1.82, 2.24) is 4.98 Å². The van der Waals surface area contributed by atoms with Crippen molar-refractivity contribution in [2.24, 2.45) is 11.7 Å². The van der Waals surface area contributed by atoms with Gasteiger partial charge in [-0.2, -0.15) is 5.26 Å². The molecule has 1 aromatic rings. The van der Waals surface area contributed by atoms with E-state index in [2.05, 4.69) is 22.9 Å². The number of hydrogen-bond acceptors (Lipinski definition) is 4. The molecule has 2 rings (SSSR count). The molecular formula is C14H20N4. The zero-order valence-electron chi connectivity index (χ0n) is 11.1. The average molecular weight is 244 g/mol.